The smallest absolute Gasteiger partial charge is 0.161 e. The molecule has 0 saturated carbocycles. The van der Waals surface area contributed by atoms with Crippen molar-refractivity contribution in [2.24, 2.45) is 5.73 Å². The van der Waals surface area contributed by atoms with Crippen LogP contribution in [0.2, 0.25) is 0 Å². The van der Waals surface area contributed by atoms with E-state index in [9.17, 15) is 10.1 Å². The molecule has 38 heavy (non-hydrogen) atoms. The van der Waals surface area contributed by atoms with Gasteiger partial charge < -0.3 is 5.73 Å². The number of nitrogens with two attached hydrogens (primary N) is 1. The number of benzene rings is 3. The Hall–Kier alpha value is -3.27. The van der Waals surface area contributed by atoms with Crippen molar-refractivity contribution in [3.8, 4) is 6.07 Å². The van der Waals surface area contributed by atoms with E-state index in [2.05, 4.69) is 72.2 Å². The summed E-state index contributed by atoms with van der Waals surface area (Å²) >= 11 is 5.37. The number of thioether (sulfide) groups is 1. The number of ketones is 1. The number of carbonyl (C=O) groups excluding carboxylic acids is 1. The molecule has 0 radical (unpaired) electrons. The summed E-state index contributed by atoms with van der Waals surface area (Å²) in [5, 5.41) is 10.4. The number of anilines is 1. The van der Waals surface area contributed by atoms with Crippen LogP contribution in [0.4, 0.5) is 5.69 Å². The van der Waals surface area contributed by atoms with Crippen LogP contribution in [-0.4, -0.2) is 5.78 Å². The zero-order chi connectivity index (χ0) is 26.8. The molecule has 6 heteroatoms. The van der Waals surface area contributed by atoms with Crippen LogP contribution in [0, 0.1) is 25.2 Å². The molecule has 0 bridgehead atoms. The summed E-state index contributed by atoms with van der Waals surface area (Å²) < 4.78 is 0.959. The van der Waals surface area contributed by atoms with Gasteiger partial charge in [-0.2, -0.15) is 17.0 Å². The van der Waals surface area contributed by atoms with Gasteiger partial charge in [0.1, 0.15) is 5.82 Å². The first-order chi connectivity index (χ1) is 18.4. The number of hydrogen-bond donors (Lipinski definition) is 1. The van der Waals surface area contributed by atoms with E-state index in [0.29, 0.717) is 17.8 Å². The highest BCUT2D eigenvalue weighted by atomic mass is 79.9. The molecular weight excluding hydrogens is 554 g/mol. The van der Waals surface area contributed by atoms with Gasteiger partial charge in [0.15, 0.2) is 5.78 Å². The molecular formula is C32H30BrN3OS. The SMILES string of the molecule is Cc1cc(CSCc2ccccc2)c(C)c(C2C(C#N)=C(N)N(c3ccc(Br)cc3)C3=C2C(=O)CCC3)c1. The molecule has 3 aromatic rings. The zero-order valence-electron chi connectivity index (χ0n) is 21.6. The van der Waals surface area contributed by atoms with Gasteiger partial charge in [0.2, 0.25) is 0 Å². The molecule has 0 spiro atoms. The maximum Gasteiger partial charge on any atom is 0.161 e. The molecule has 0 saturated heterocycles. The first-order valence-electron chi connectivity index (χ1n) is 12.8. The molecule has 2 aliphatic rings. The molecule has 0 amide bonds. The van der Waals surface area contributed by atoms with E-state index in [0.717, 1.165) is 62.5 Å². The van der Waals surface area contributed by atoms with Crippen molar-refractivity contribution in [2.45, 2.75) is 50.5 Å². The number of hydrogen-bond acceptors (Lipinski definition) is 5. The highest BCUT2D eigenvalue weighted by Crippen LogP contribution is 2.47. The highest BCUT2D eigenvalue weighted by Gasteiger charge is 2.41. The predicted octanol–water partition coefficient (Wildman–Crippen LogP) is 7.80. The third-order valence-electron chi connectivity index (χ3n) is 7.38. The fourth-order valence-corrected chi connectivity index (χ4v) is 6.86. The highest BCUT2D eigenvalue weighted by molar-refractivity contribution is 9.10. The largest absolute Gasteiger partial charge is 0.384 e. The zero-order valence-corrected chi connectivity index (χ0v) is 24.0. The number of Topliss-reactive ketones (excluding diaryl/α,β-unsaturated/α-hetero) is 1. The van der Waals surface area contributed by atoms with E-state index in [-0.39, 0.29) is 5.78 Å². The molecule has 4 nitrogen and oxygen atoms in total. The van der Waals surface area contributed by atoms with Gasteiger partial charge in [0, 0.05) is 39.4 Å². The number of carbonyl (C=O) groups is 1. The molecule has 2 N–H and O–H groups in total. The minimum Gasteiger partial charge on any atom is -0.384 e. The molecule has 192 valence electrons. The molecule has 3 aromatic carbocycles. The van der Waals surface area contributed by atoms with Gasteiger partial charge in [0.25, 0.3) is 0 Å². The summed E-state index contributed by atoms with van der Waals surface area (Å²) in [7, 11) is 0. The van der Waals surface area contributed by atoms with Crippen LogP contribution < -0.4 is 10.6 Å². The second-order valence-electron chi connectivity index (χ2n) is 9.91. The van der Waals surface area contributed by atoms with Crippen LogP contribution in [0.1, 0.15) is 53.0 Å². The Morgan fingerprint density at radius 2 is 1.79 bits per heavy atom. The van der Waals surface area contributed by atoms with Crippen LogP contribution in [0.15, 0.2) is 93.9 Å². The van der Waals surface area contributed by atoms with E-state index < -0.39 is 5.92 Å². The first-order valence-corrected chi connectivity index (χ1v) is 14.8. The molecule has 1 aliphatic carbocycles. The molecule has 1 aliphatic heterocycles. The van der Waals surface area contributed by atoms with Gasteiger partial charge in [-0.25, -0.2) is 0 Å². The minimum atomic E-state index is -0.452. The van der Waals surface area contributed by atoms with Gasteiger partial charge in [-0.3, -0.25) is 9.69 Å². The normalized spacial score (nSPS) is 17.5. The second kappa shape index (κ2) is 11.2. The molecule has 0 aromatic heterocycles. The third kappa shape index (κ3) is 5.06. The third-order valence-corrected chi connectivity index (χ3v) is 8.96. The molecule has 5 rings (SSSR count). The molecule has 1 atom stereocenters. The van der Waals surface area contributed by atoms with Gasteiger partial charge in [0.05, 0.1) is 17.6 Å². The maximum atomic E-state index is 13.6. The minimum absolute atomic E-state index is 0.111. The van der Waals surface area contributed by atoms with Crippen LogP contribution in [0.5, 0.6) is 0 Å². The summed E-state index contributed by atoms with van der Waals surface area (Å²) in [5.41, 5.74) is 15.5. The number of rotatable bonds is 6. The molecule has 1 heterocycles. The van der Waals surface area contributed by atoms with Crippen molar-refractivity contribution in [3.05, 3.63) is 122 Å². The van der Waals surface area contributed by atoms with E-state index in [1.807, 2.05) is 47.0 Å². The Balaban J connectivity index is 1.59. The maximum absolute atomic E-state index is 13.6. The summed E-state index contributed by atoms with van der Waals surface area (Å²) in [5.74, 6) is 1.86. The van der Waals surface area contributed by atoms with Crippen LogP contribution in [0.25, 0.3) is 0 Å². The monoisotopic (exact) mass is 583 g/mol. The van der Waals surface area contributed by atoms with Gasteiger partial charge >= 0.3 is 0 Å². The standard InChI is InChI=1S/C32H30BrN3OS/c1-20-15-23(19-38-18-22-7-4-3-5-8-22)21(2)26(16-20)30-27(17-34)32(35)36(25-13-11-24(33)12-14-25)28-9-6-10-29(37)31(28)30/h3-5,7-8,11-16,30H,6,9-10,18-19,35H2,1-2H3. The van der Waals surface area contributed by atoms with Crippen LogP contribution in [-0.2, 0) is 16.3 Å². The number of halogens is 1. The van der Waals surface area contributed by atoms with Crippen molar-refractivity contribution in [2.75, 3.05) is 4.90 Å². The second-order valence-corrected chi connectivity index (χ2v) is 11.8. The number of allylic oxidation sites excluding steroid dienone is 3. The number of nitriles is 1. The average molecular weight is 585 g/mol. The summed E-state index contributed by atoms with van der Waals surface area (Å²) in [6.07, 6.45) is 2.02. The van der Waals surface area contributed by atoms with E-state index in [1.54, 1.807) is 0 Å². The fourth-order valence-electron chi connectivity index (χ4n) is 5.55. The Morgan fingerprint density at radius 3 is 2.50 bits per heavy atom. The lowest BCUT2D eigenvalue weighted by Gasteiger charge is -2.40. The van der Waals surface area contributed by atoms with Crippen LogP contribution >= 0.6 is 27.7 Å². The van der Waals surface area contributed by atoms with Gasteiger partial charge in [-0.15, -0.1) is 0 Å². The topological polar surface area (TPSA) is 70.1 Å². The van der Waals surface area contributed by atoms with Crippen molar-refractivity contribution < 1.29 is 4.79 Å². The van der Waals surface area contributed by atoms with E-state index in [4.69, 9.17) is 5.73 Å². The quantitative estimate of drug-likeness (QED) is 0.320. The van der Waals surface area contributed by atoms with E-state index >= 15 is 0 Å². The van der Waals surface area contributed by atoms with Crippen molar-refractivity contribution in [3.63, 3.8) is 0 Å². The Kier molecular flexibility index (Phi) is 7.78. The lowest BCUT2D eigenvalue weighted by molar-refractivity contribution is -0.116. The van der Waals surface area contributed by atoms with Crippen molar-refractivity contribution in [1.82, 2.24) is 0 Å². The molecule has 1 unspecified atom stereocenters. The predicted molar refractivity (Wildman–Crippen MR) is 159 cm³/mol. The summed E-state index contributed by atoms with van der Waals surface area (Å²) in [6.45, 7) is 4.20. The average Bonchev–Trinajstić information content (AvgIpc) is 2.91. The van der Waals surface area contributed by atoms with Crippen molar-refractivity contribution >= 4 is 39.2 Å². The van der Waals surface area contributed by atoms with Gasteiger partial charge in [-0.05, 0) is 73.2 Å². The fraction of sp³-hybridized carbons (Fsp3) is 0.250. The number of aryl methyl sites for hydroxylation is 1. The van der Waals surface area contributed by atoms with Crippen LogP contribution in [0.3, 0.4) is 0 Å². The number of nitrogens with zero attached hydrogens (tertiary/aromatic N) is 2. The first kappa shape index (κ1) is 26.3. The molecule has 0 fully saturated rings. The lowest BCUT2D eigenvalue weighted by Crippen LogP contribution is -2.39. The Morgan fingerprint density at radius 1 is 1.05 bits per heavy atom. The van der Waals surface area contributed by atoms with Crippen molar-refractivity contribution in [1.29, 1.82) is 5.26 Å². The summed E-state index contributed by atoms with van der Waals surface area (Å²) in [6, 6.07) is 25.1. The lowest BCUT2D eigenvalue weighted by atomic mass is 9.73. The van der Waals surface area contributed by atoms with E-state index in [1.165, 1.54) is 11.1 Å². The summed E-state index contributed by atoms with van der Waals surface area (Å²) in [4.78, 5) is 15.5. The van der Waals surface area contributed by atoms with Gasteiger partial charge in [-0.1, -0.05) is 64.0 Å². The Labute approximate surface area is 237 Å². The Bertz CT molecular complexity index is 1490.